The summed E-state index contributed by atoms with van der Waals surface area (Å²) in [4.78, 5) is 64.5. The Bertz CT molecular complexity index is 2470. The van der Waals surface area contributed by atoms with Crippen LogP contribution in [0.4, 0.5) is 20.3 Å². The Labute approximate surface area is 350 Å². The Balaban J connectivity index is 0.746. The summed E-state index contributed by atoms with van der Waals surface area (Å²) >= 11 is 0. The van der Waals surface area contributed by atoms with E-state index < -0.39 is 30.0 Å². The maximum atomic E-state index is 14.2. The first-order chi connectivity index (χ1) is 29.6. The summed E-state index contributed by atoms with van der Waals surface area (Å²) in [7, 11) is 1.74. The van der Waals surface area contributed by atoms with Gasteiger partial charge in [-0.15, -0.1) is 0 Å². The van der Waals surface area contributed by atoms with Crippen LogP contribution in [0.3, 0.4) is 0 Å². The number of oxazole rings is 1. The zero-order valence-corrected chi connectivity index (χ0v) is 34.2. The number of imide groups is 1. The van der Waals surface area contributed by atoms with Crippen molar-refractivity contribution >= 4 is 40.3 Å². The van der Waals surface area contributed by atoms with E-state index in [4.69, 9.17) is 4.42 Å². The number of aromatic nitrogens is 6. The number of carbonyl (C=O) groups excluding carboxylic acids is 3. The lowest BCUT2D eigenvalue weighted by atomic mass is 9.92. The number of hydrogen-bond acceptors (Lipinski definition) is 11. The van der Waals surface area contributed by atoms with Crippen molar-refractivity contribution in [2.24, 2.45) is 18.9 Å². The second-order valence-corrected chi connectivity index (χ2v) is 17.0. The predicted octanol–water partition coefficient (Wildman–Crippen LogP) is 5.52. The second-order valence-electron chi connectivity index (χ2n) is 17.0. The molecule has 0 bridgehead atoms. The number of hydrogen-bond donors (Lipinski definition) is 3. The van der Waals surface area contributed by atoms with Gasteiger partial charge in [0.05, 0.1) is 22.8 Å². The van der Waals surface area contributed by atoms with Gasteiger partial charge in [-0.25, -0.2) is 23.5 Å². The molecular weight excluding hydrogens is 789 g/mol. The van der Waals surface area contributed by atoms with E-state index in [0.29, 0.717) is 41.7 Å². The summed E-state index contributed by atoms with van der Waals surface area (Å²) in [6.45, 7) is 6.04. The number of anilines is 2. The van der Waals surface area contributed by atoms with Crippen LogP contribution in [0.15, 0.2) is 58.2 Å². The van der Waals surface area contributed by atoms with E-state index in [1.807, 2.05) is 18.2 Å². The number of nitrogens with zero attached hydrogens (tertiary/aromatic N) is 8. The van der Waals surface area contributed by atoms with Gasteiger partial charge in [0.2, 0.25) is 17.7 Å². The quantitative estimate of drug-likeness (QED) is 0.120. The molecule has 0 radical (unpaired) electrons. The smallest absolute Gasteiger partial charge is 0.329 e. The van der Waals surface area contributed by atoms with E-state index in [1.54, 1.807) is 34.6 Å². The van der Waals surface area contributed by atoms with Crippen LogP contribution < -0.4 is 21.6 Å². The highest BCUT2D eigenvalue weighted by molar-refractivity contribution is 6.03. The minimum atomic E-state index is -2.87. The van der Waals surface area contributed by atoms with Crippen LogP contribution in [0.1, 0.15) is 98.0 Å². The number of nitrogens with one attached hydrogen (secondary N) is 3. The van der Waals surface area contributed by atoms with Crippen LogP contribution in [0.5, 0.6) is 0 Å². The third-order valence-corrected chi connectivity index (χ3v) is 12.8. The molecule has 61 heavy (non-hydrogen) atoms. The standard InChI is InChI=1S/C43H51F2N11O5/c1-52-38-29(3-2-4-33(38)56(43(52)60)34-7-8-36(57)50-41(34)59)23-54-17-11-26(12-18-54)10-16-53-19-13-30(14-20-53)55-24-31(37(51-55)39(44)45)48-40(58)32-25-61-42(49-32)28-9-15-46-35(21-28)47-22-27-5-6-27/h2-4,9,15,21,24-27,30,34,39H,5-8,10-14,16-20,22-23H2,1H3,(H,46,47)(H,48,58)(H,50,57,59). The van der Waals surface area contributed by atoms with Crippen LogP contribution >= 0.6 is 0 Å². The zero-order chi connectivity index (χ0) is 42.2. The first-order valence-corrected chi connectivity index (χ1v) is 21.4. The summed E-state index contributed by atoms with van der Waals surface area (Å²) in [5, 5.41) is 12.5. The Hall–Kier alpha value is -5.75. The maximum Gasteiger partial charge on any atom is 0.329 e. The lowest BCUT2D eigenvalue weighted by molar-refractivity contribution is -0.135. The zero-order valence-electron chi connectivity index (χ0n) is 34.2. The number of benzene rings is 1. The number of alkyl halides is 2. The second kappa shape index (κ2) is 17.3. The van der Waals surface area contributed by atoms with Crippen LogP contribution in [-0.4, -0.2) is 95.7 Å². The van der Waals surface area contributed by atoms with Gasteiger partial charge in [0.1, 0.15) is 18.1 Å². The van der Waals surface area contributed by atoms with E-state index in [1.165, 1.54) is 29.9 Å². The average molecular weight is 840 g/mol. The number of pyridine rings is 1. The number of halogens is 2. The number of para-hydroxylation sites is 1. The van der Waals surface area contributed by atoms with E-state index in [-0.39, 0.29) is 41.3 Å². The summed E-state index contributed by atoms with van der Waals surface area (Å²) < 4.78 is 38.7. The molecule has 4 aliphatic rings. The summed E-state index contributed by atoms with van der Waals surface area (Å²) in [5.74, 6) is 0.762. The molecule has 3 saturated heterocycles. The van der Waals surface area contributed by atoms with Gasteiger partial charge < -0.3 is 20.0 Å². The number of rotatable bonds is 14. The maximum absolute atomic E-state index is 14.2. The average Bonchev–Trinajstić information content (AvgIpc) is 3.67. The number of fused-ring (bicyclic) bond motifs is 1. The first-order valence-electron chi connectivity index (χ1n) is 21.4. The number of piperidine rings is 3. The van der Waals surface area contributed by atoms with Crippen molar-refractivity contribution in [1.29, 1.82) is 0 Å². The number of carbonyl (C=O) groups is 3. The van der Waals surface area contributed by atoms with Crippen molar-refractivity contribution in [3.8, 4) is 11.5 Å². The fourth-order valence-electron chi connectivity index (χ4n) is 9.10. The van der Waals surface area contributed by atoms with Crippen LogP contribution in [-0.2, 0) is 23.2 Å². The largest absolute Gasteiger partial charge is 0.444 e. The van der Waals surface area contributed by atoms with Crippen molar-refractivity contribution < 1.29 is 27.6 Å². The minimum Gasteiger partial charge on any atom is -0.444 e. The lowest BCUT2D eigenvalue weighted by Gasteiger charge is -2.35. The van der Waals surface area contributed by atoms with Gasteiger partial charge in [0.25, 0.3) is 12.3 Å². The molecule has 1 unspecified atom stereocenters. The Morgan fingerprint density at radius 3 is 2.52 bits per heavy atom. The van der Waals surface area contributed by atoms with Crippen LogP contribution in [0.2, 0.25) is 0 Å². The summed E-state index contributed by atoms with van der Waals surface area (Å²) in [6, 6.07) is 8.60. The van der Waals surface area contributed by atoms with Crippen molar-refractivity contribution in [1.82, 2.24) is 44.0 Å². The van der Waals surface area contributed by atoms with Crippen molar-refractivity contribution in [2.75, 3.05) is 49.9 Å². The normalized spacial score (nSPS) is 19.8. The van der Waals surface area contributed by atoms with Crippen molar-refractivity contribution in [3.63, 3.8) is 0 Å². The third-order valence-electron chi connectivity index (χ3n) is 12.8. The Kier molecular flexibility index (Phi) is 11.5. The van der Waals surface area contributed by atoms with Crippen LogP contribution in [0.25, 0.3) is 22.5 Å². The number of amides is 3. The van der Waals surface area contributed by atoms with Gasteiger partial charge in [-0.3, -0.25) is 38.4 Å². The molecule has 1 aliphatic carbocycles. The molecule has 1 aromatic carbocycles. The summed E-state index contributed by atoms with van der Waals surface area (Å²) in [5.41, 5.74) is 2.39. The molecular formula is C43H51F2N11O5. The minimum absolute atomic E-state index is 0.0313. The predicted molar refractivity (Wildman–Crippen MR) is 222 cm³/mol. The highest BCUT2D eigenvalue weighted by Crippen LogP contribution is 2.33. The van der Waals surface area contributed by atoms with Crippen molar-refractivity contribution in [2.45, 2.75) is 82.8 Å². The van der Waals surface area contributed by atoms with E-state index >= 15 is 0 Å². The highest BCUT2D eigenvalue weighted by Gasteiger charge is 2.33. The third kappa shape index (κ3) is 8.87. The first kappa shape index (κ1) is 40.6. The SMILES string of the molecule is Cn1c(=O)n(C2CCC(=O)NC2=O)c2cccc(CN3CCC(CCN4CCC(n5cc(NC(=O)c6coc(-c7ccnc(NCC8CC8)c7)n6)c(C(F)F)n5)CC4)CC3)c21. The molecule has 5 aromatic rings. The molecule has 18 heteroatoms. The number of aryl methyl sites for hydroxylation is 1. The Morgan fingerprint density at radius 1 is 0.984 bits per heavy atom. The van der Waals surface area contributed by atoms with Gasteiger partial charge in [-0.05, 0) is 107 Å². The number of likely N-dealkylation sites (tertiary alicyclic amines) is 2. The Morgan fingerprint density at radius 2 is 1.77 bits per heavy atom. The molecule has 322 valence electrons. The van der Waals surface area contributed by atoms with Gasteiger partial charge in [0.15, 0.2) is 11.4 Å². The van der Waals surface area contributed by atoms with Gasteiger partial charge in [-0.1, -0.05) is 12.1 Å². The fraction of sp³-hybridized carbons (Fsp3) is 0.512. The molecule has 1 saturated carbocycles. The van der Waals surface area contributed by atoms with E-state index in [2.05, 4.69) is 40.8 Å². The van der Waals surface area contributed by atoms with Crippen LogP contribution in [0, 0.1) is 11.8 Å². The lowest BCUT2D eigenvalue weighted by Crippen LogP contribution is -2.44. The van der Waals surface area contributed by atoms with Gasteiger partial charge >= 0.3 is 5.69 Å². The molecule has 3 aliphatic heterocycles. The molecule has 7 heterocycles. The molecule has 3 N–H and O–H groups in total. The molecule has 3 amide bonds. The molecule has 4 aromatic heterocycles. The molecule has 0 spiro atoms. The van der Waals surface area contributed by atoms with Crippen molar-refractivity contribution in [3.05, 3.63) is 76.4 Å². The molecule has 1 atom stereocenters. The van der Waals surface area contributed by atoms with Gasteiger partial charge in [-0.2, -0.15) is 5.10 Å². The highest BCUT2D eigenvalue weighted by atomic mass is 19.3. The van der Waals surface area contributed by atoms with Gasteiger partial charge in [0, 0.05) is 57.6 Å². The number of imidazole rings is 1. The molecule has 4 fully saturated rings. The summed E-state index contributed by atoms with van der Waals surface area (Å²) in [6.07, 6.45) is 9.14. The van der Waals surface area contributed by atoms with E-state index in [9.17, 15) is 28.0 Å². The molecule has 9 rings (SSSR count). The fourth-order valence-corrected chi connectivity index (χ4v) is 9.10. The molecule has 16 nitrogen and oxygen atoms in total. The van der Waals surface area contributed by atoms with E-state index in [0.717, 1.165) is 82.5 Å². The topological polar surface area (TPSA) is 177 Å². The monoisotopic (exact) mass is 839 g/mol.